The number of aliphatic hydroxyl groups excluding tert-OH is 1. The Labute approximate surface area is 249 Å². The van der Waals surface area contributed by atoms with Crippen LogP contribution in [0, 0.1) is 22.7 Å². The van der Waals surface area contributed by atoms with E-state index in [1.807, 2.05) is 6.92 Å². The molecule has 0 amide bonds. The number of benzene rings is 1. The molecule has 4 fully saturated rings. The summed E-state index contributed by atoms with van der Waals surface area (Å²) in [6.07, 6.45) is 0.0944. The number of hydrogen-bond donors (Lipinski definition) is 2. The summed E-state index contributed by atoms with van der Waals surface area (Å²) in [5.41, 5.74) is 0.134. The first-order chi connectivity index (χ1) is 20.4. The second-order valence-electron chi connectivity index (χ2n) is 13.2. The Balaban J connectivity index is 1.34. The van der Waals surface area contributed by atoms with Crippen LogP contribution in [0.1, 0.15) is 68.8 Å². The molecule has 43 heavy (non-hydrogen) atoms. The molecule has 5 aliphatic rings. The molecule has 0 spiro atoms. The van der Waals surface area contributed by atoms with E-state index in [0.717, 1.165) is 18.1 Å². The standard InChI is InChI=1S/C33H39F2NO7/c1-4-5-28-42-27-14-21-22-13-24(34)23-12-20(37)10-11-30(23,2)32(22,35)25(38)15-31(21,3)33(27,43-28)26(39)17-41-29(40)19-8-6-18(16-36)7-9-19/h6-12,21-22,24-25,27-28,38H,4-5,13-17,36H2,1-3H3/t21-,22-,24-,25-,27+,28?,30-,31-,32-,33+/m0/s1. The molecule has 0 aromatic heterocycles. The van der Waals surface area contributed by atoms with E-state index in [1.165, 1.54) is 19.1 Å². The molecule has 8 nitrogen and oxygen atoms in total. The number of aliphatic hydroxyl groups is 1. The molecule has 0 radical (unpaired) electrons. The van der Waals surface area contributed by atoms with Gasteiger partial charge in [0, 0.05) is 23.3 Å². The maximum absolute atomic E-state index is 17.6. The van der Waals surface area contributed by atoms with Gasteiger partial charge in [0.05, 0.1) is 17.8 Å². The van der Waals surface area contributed by atoms with Crippen LogP contribution in [0.2, 0.25) is 0 Å². The summed E-state index contributed by atoms with van der Waals surface area (Å²) in [6, 6.07) is 6.54. The summed E-state index contributed by atoms with van der Waals surface area (Å²) in [5.74, 6) is -3.24. The van der Waals surface area contributed by atoms with Crippen molar-refractivity contribution >= 4 is 17.5 Å². The number of carbonyl (C=O) groups is 3. The Morgan fingerprint density at radius 2 is 1.88 bits per heavy atom. The molecule has 3 N–H and O–H groups in total. The lowest BCUT2D eigenvalue weighted by atomic mass is 9.44. The monoisotopic (exact) mass is 599 g/mol. The quantitative estimate of drug-likeness (QED) is 0.450. The zero-order valence-corrected chi connectivity index (χ0v) is 24.7. The fourth-order valence-electron chi connectivity index (χ4n) is 8.98. The number of Topliss-reactive ketones (excluding diaryl/α,β-unsaturated/α-hetero) is 1. The van der Waals surface area contributed by atoms with Gasteiger partial charge in [0.2, 0.25) is 5.78 Å². The maximum atomic E-state index is 17.6. The first-order valence-electron chi connectivity index (χ1n) is 15.1. The van der Waals surface area contributed by atoms with Crippen LogP contribution in [0.25, 0.3) is 0 Å². The van der Waals surface area contributed by atoms with Crippen LogP contribution in [0.15, 0.2) is 48.1 Å². The molecule has 1 unspecified atom stereocenters. The van der Waals surface area contributed by atoms with Crippen LogP contribution in [-0.4, -0.2) is 65.2 Å². The first kappa shape index (κ1) is 30.2. The maximum Gasteiger partial charge on any atom is 0.338 e. The number of allylic oxidation sites excluding steroid dienone is 4. The smallest absolute Gasteiger partial charge is 0.338 e. The Bertz CT molecular complexity index is 1400. The second-order valence-corrected chi connectivity index (χ2v) is 13.2. The number of esters is 1. The number of carbonyl (C=O) groups excluding carboxylic acids is 3. The van der Waals surface area contributed by atoms with Gasteiger partial charge in [0.25, 0.3) is 0 Å². The average molecular weight is 600 g/mol. The number of hydrogen-bond acceptors (Lipinski definition) is 8. The molecule has 0 bridgehead atoms. The third-order valence-electron chi connectivity index (χ3n) is 11.1. The van der Waals surface area contributed by atoms with Gasteiger partial charge in [-0.1, -0.05) is 38.5 Å². The molecule has 1 saturated heterocycles. The highest BCUT2D eigenvalue weighted by Gasteiger charge is 2.80. The number of alkyl halides is 2. The molecule has 1 aromatic rings. The lowest BCUT2D eigenvalue weighted by molar-refractivity contribution is -0.234. The highest BCUT2D eigenvalue weighted by Crippen LogP contribution is 2.72. The molecule has 1 aliphatic heterocycles. The average Bonchev–Trinajstić information content (AvgIpc) is 3.46. The van der Waals surface area contributed by atoms with Crippen molar-refractivity contribution in [1.29, 1.82) is 0 Å². The lowest BCUT2D eigenvalue weighted by Crippen LogP contribution is -2.71. The van der Waals surface area contributed by atoms with Crippen molar-refractivity contribution < 1.29 is 42.5 Å². The summed E-state index contributed by atoms with van der Waals surface area (Å²) in [5, 5.41) is 11.7. The Kier molecular flexibility index (Phi) is 7.31. The third-order valence-corrected chi connectivity index (χ3v) is 11.1. The van der Waals surface area contributed by atoms with Crippen molar-refractivity contribution in [3.05, 3.63) is 59.2 Å². The molecule has 4 aliphatic carbocycles. The van der Waals surface area contributed by atoms with E-state index in [4.69, 9.17) is 19.9 Å². The predicted molar refractivity (Wildman–Crippen MR) is 151 cm³/mol. The number of nitrogens with two attached hydrogens (primary N) is 1. The molecule has 6 rings (SSSR count). The molecule has 1 heterocycles. The first-order valence-corrected chi connectivity index (χ1v) is 15.1. The van der Waals surface area contributed by atoms with Crippen molar-refractivity contribution in [3.63, 3.8) is 0 Å². The molecular formula is C33H39F2NO7. The Hall–Kier alpha value is -2.79. The molecule has 232 valence electrons. The topological polar surface area (TPSA) is 125 Å². The van der Waals surface area contributed by atoms with Gasteiger partial charge in [-0.15, -0.1) is 0 Å². The molecular weight excluding hydrogens is 560 g/mol. The van der Waals surface area contributed by atoms with E-state index in [1.54, 1.807) is 31.2 Å². The van der Waals surface area contributed by atoms with Crippen molar-refractivity contribution in [2.24, 2.45) is 28.4 Å². The number of halogens is 2. The van der Waals surface area contributed by atoms with Crippen molar-refractivity contribution in [3.8, 4) is 0 Å². The van der Waals surface area contributed by atoms with Crippen molar-refractivity contribution in [2.75, 3.05) is 6.61 Å². The number of fused-ring (bicyclic) bond motifs is 7. The van der Waals surface area contributed by atoms with Crippen LogP contribution in [0.3, 0.4) is 0 Å². The SMILES string of the molecule is CCCC1O[C@@H]2C[C@H]3[C@@H]4C[C@H](F)C5=CC(=O)C=C[C@]5(C)[C@@]4(F)[C@@H](O)C[C@]3(C)[C@]2(C(=O)COC(=O)c2ccc(CN)cc2)O1. The summed E-state index contributed by atoms with van der Waals surface area (Å²) in [7, 11) is 0. The molecule has 10 heteroatoms. The normalized spacial score (nSPS) is 42.9. The van der Waals surface area contributed by atoms with Crippen LogP contribution >= 0.6 is 0 Å². The molecule has 1 aromatic carbocycles. The Morgan fingerprint density at radius 3 is 2.56 bits per heavy atom. The number of rotatable bonds is 7. The molecule has 10 atom stereocenters. The van der Waals surface area contributed by atoms with Gasteiger partial charge >= 0.3 is 5.97 Å². The zero-order chi connectivity index (χ0) is 30.9. The van der Waals surface area contributed by atoms with E-state index >= 15 is 8.78 Å². The van der Waals surface area contributed by atoms with Gasteiger partial charge in [-0.25, -0.2) is 13.6 Å². The van der Waals surface area contributed by atoms with E-state index in [-0.39, 0.29) is 30.4 Å². The van der Waals surface area contributed by atoms with Crippen molar-refractivity contribution in [2.45, 2.75) is 95.4 Å². The highest BCUT2D eigenvalue weighted by atomic mass is 19.1. The van der Waals surface area contributed by atoms with Crippen LogP contribution in [-0.2, 0) is 30.3 Å². The third kappa shape index (κ3) is 4.09. The Morgan fingerprint density at radius 1 is 1.16 bits per heavy atom. The van der Waals surface area contributed by atoms with Gasteiger partial charge in [-0.2, -0.15) is 0 Å². The second kappa shape index (κ2) is 10.4. The summed E-state index contributed by atoms with van der Waals surface area (Å²) < 4.78 is 51.6. The minimum absolute atomic E-state index is 0.0345. The zero-order valence-electron chi connectivity index (χ0n) is 24.7. The van der Waals surface area contributed by atoms with Crippen LogP contribution in [0.4, 0.5) is 8.78 Å². The predicted octanol–water partition coefficient (Wildman–Crippen LogP) is 4.08. The van der Waals surface area contributed by atoms with Gasteiger partial charge in [-0.3, -0.25) is 9.59 Å². The fourth-order valence-corrected chi connectivity index (χ4v) is 8.98. The summed E-state index contributed by atoms with van der Waals surface area (Å²) in [6.45, 7) is 4.98. The summed E-state index contributed by atoms with van der Waals surface area (Å²) >= 11 is 0. The van der Waals surface area contributed by atoms with E-state index < -0.39 is 82.7 Å². The number of ketones is 2. The minimum atomic E-state index is -2.29. The lowest BCUT2D eigenvalue weighted by Gasteiger charge is -2.63. The van der Waals surface area contributed by atoms with Gasteiger partial charge < -0.3 is 25.1 Å². The van der Waals surface area contributed by atoms with Crippen molar-refractivity contribution in [1.82, 2.24) is 0 Å². The van der Waals surface area contributed by atoms with Crippen LogP contribution in [0.5, 0.6) is 0 Å². The largest absolute Gasteiger partial charge is 0.454 e. The number of ether oxygens (including phenoxy) is 3. The summed E-state index contributed by atoms with van der Waals surface area (Å²) in [4.78, 5) is 39.2. The van der Waals surface area contributed by atoms with E-state index in [0.29, 0.717) is 13.0 Å². The van der Waals surface area contributed by atoms with Gasteiger partial charge in [0.15, 0.2) is 29.9 Å². The van der Waals surface area contributed by atoms with Crippen LogP contribution < -0.4 is 5.73 Å². The van der Waals surface area contributed by atoms with Gasteiger partial charge in [0.1, 0.15) is 6.17 Å². The fraction of sp³-hybridized carbons (Fsp3) is 0.606. The van der Waals surface area contributed by atoms with Gasteiger partial charge in [-0.05, 0) is 73.9 Å². The highest BCUT2D eigenvalue weighted by molar-refractivity contribution is 6.01. The van der Waals surface area contributed by atoms with E-state index in [2.05, 4.69) is 0 Å². The minimum Gasteiger partial charge on any atom is -0.454 e. The molecule has 3 saturated carbocycles. The van der Waals surface area contributed by atoms with E-state index in [9.17, 15) is 19.5 Å².